The Bertz CT molecular complexity index is 785. The number of thiazole rings is 1. The molecule has 2 rings (SSSR count). The van der Waals surface area contributed by atoms with Gasteiger partial charge in [0.15, 0.2) is 10.6 Å². The van der Waals surface area contributed by atoms with Gasteiger partial charge in [-0.1, -0.05) is 11.3 Å². The van der Waals surface area contributed by atoms with E-state index in [0.29, 0.717) is 12.2 Å². The molecule has 23 heavy (non-hydrogen) atoms. The number of aromatic nitrogens is 1. The molecular formula is C17H20N2O3S. The van der Waals surface area contributed by atoms with Gasteiger partial charge in [0.05, 0.1) is 22.7 Å². The van der Waals surface area contributed by atoms with Gasteiger partial charge in [0.2, 0.25) is 0 Å². The third kappa shape index (κ3) is 3.76. The van der Waals surface area contributed by atoms with Crippen LogP contribution in [0.5, 0.6) is 0 Å². The van der Waals surface area contributed by atoms with Gasteiger partial charge >= 0.3 is 5.97 Å². The zero-order valence-corrected chi connectivity index (χ0v) is 14.6. The van der Waals surface area contributed by atoms with Crippen molar-refractivity contribution in [2.75, 3.05) is 6.61 Å². The molecule has 6 heteroatoms. The Kier molecular flexibility index (Phi) is 5.50. The van der Waals surface area contributed by atoms with Crippen molar-refractivity contribution in [1.29, 1.82) is 0 Å². The van der Waals surface area contributed by atoms with Crippen molar-refractivity contribution < 1.29 is 14.3 Å². The van der Waals surface area contributed by atoms with Crippen LogP contribution in [0.3, 0.4) is 0 Å². The summed E-state index contributed by atoms with van der Waals surface area (Å²) in [5.74, 6) is -0.290. The molecule has 0 fully saturated rings. The number of hydrogen-bond acceptors (Lipinski definition) is 5. The van der Waals surface area contributed by atoms with Crippen LogP contribution >= 0.6 is 11.3 Å². The van der Waals surface area contributed by atoms with E-state index in [-0.39, 0.29) is 11.8 Å². The first-order valence-electron chi connectivity index (χ1n) is 7.51. The van der Waals surface area contributed by atoms with Gasteiger partial charge in [-0.25, -0.2) is 9.79 Å². The van der Waals surface area contributed by atoms with Crippen LogP contribution < -0.4 is 4.80 Å². The SMILES string of the molecule is CCOC(=O)c1ccc(N=c2sc(C(C)=O)c(C)n2CC)cc1. The standard InChI is InChI=1S/C17H20N2O3S/c1-5-19-11(3)15(12(4)20)23-17(19)18-14-9-7-13(8-10-14)16(21)22-6-2/h7-10H,5-6H2,1-4H3. The monoisotopic (exact) mass is 332 g/mol. The molecule has 0 unspecified atom stereocenters. The second-order valence-electron chi connectivity index (χ2n) is 4.98. The van der Waals surface area contributed by atoms with Gasteiger partial charge < -0.3 is 9.30 Å². The van der Waals surface area contributed by atoms with Crippen LogP contribution in [-0.2, 0) is 11.3 Å². The minimum absolute atomic E-state index is 0.0498. The van der Waals surface area contributed by atoms with Crippen molar-refractivity contribution in [3.8, 4) is 0 Å². The van der Waals surface area contributed by atoms with E-state index in [1.165, 1.54) is 11.3 Å². The van der Waals surface area contributed by atoms with E-state index >= 15 is 0 Å². The minimum Gasteiger partial charge on any atom is -0.462 e. The first-order chi connectivity index (χ1) is 11.0. The number of rotatable bonds is 5. The second kappa shape index (κ2) is 7.37. The highest BCUT2D eigenvalue weighted by atomic mass is 32.1. The number of nitrogens with zero attached hydrogens (tertiary/aromatic N) is 2. The summed E-state index contributed by atoms with van der Waals surface area (Å²) in [6.07, 6.45) is 0. The molecule has 0 N–H and O–H groups in total. The molecule has 0 amide bonds. The molecule has 2 aromatic rings. The number of benzene rings is 1. The fourth-order valence-corrected chi connectivity index (χ4v) is 3.38. The lowest BCUT2D eigenvalue weighted by molar-refractivity contribution is 0.0526. The van der Waals surface area contributed by atoms with Crippen molar-refractivity contribution in [2.45, 2.75) is 34.2 Å². The van der Waals surface area contributed by atoms with Gasteiger partial charge in [0.25, 0.3) is 0 Å². The first-order valence-corrected chi connectivity index (χ1v) is 8.32. The number of carbonyl (C=O) groups is 2. The number of ketones is 1. The zero-order chi connectivity index (χ0) is 17.0. The topological polar surface area (TPSA) is 60.7 Å². The Morgan fingerprint density at radius 2 is 1.87 bits per heavy atom. The van der Waals surface area contributed by atoms with E-state index in [1.807, 2.05) is 18.4 Å². The van der Waals surface area contributed by atoms with Crippen molar-refractivity contribution in [1.82, 2.24) is 4.57 Å². The molecule has 0 radical (unpaired) electrons. The predicted octanol–water partition coefficient (Wildman–Crippen LogP) is 3.49. The van der Waals surface area contributed by atoms with Gasteiger partial charge in [-0.05, 0) is 45.0 Å². The zero-order valence-electron chi connectivity index (χ0n) is 13.8. The minimum atomic E-state index is -0.339. The van der Waals surface area contributed by atoms with Crippen LogP contribution in [0.25, 0.3) is 0 Å². The van der Waals surface area contributed by atoms with Crippen LogP contribution in [0.4, 0.5) is 5.69 Å². The fraction of sp³-hybridized carbons (Fsp3) is 0.353. The summed E-state index contributed by atoms with van der Waals surface area (Å²) in [4.78, 5) is 29.4. The van der Waals surface area contributed by atoms with Gasteiger partial charge in [0, 0.05) is 19.2 Å². The van der Waals surface area contributed by atoms with Crippen molar-refractivity contribution in [3.63, 3.8) is 0 Å². The molecule has 0 saturated heterocycles. The summed E-state index contributed by atoms with van der Waals surface area (Å²) < 4.78 is 6.97. The van der Waals surface area contributed by atoms with Gasteiger partial charge in [-0.2, -0.15) is 0 Å². The lowest BCUT2D eigenvalue weighted by atomic mass is 10.2. The predicted molar refractivity (Wildman–Crippen MR) is 90.3 cm³/mol. The summed E-state index contributed by atoms with van der Waals surface area (Å²) in [5, 5.41) is 0. The lowest BCUT2D eigenvalue weighted by Crippen LogP contribution is -2.14. The average Bonchev–Trinajstić information content (AvgIpc) is 2.84. The van der Waals surface area contributed by atoms with Crippen molar-refractivity contribution in [3.05, 3.63) is 45.2 Å². The molecule has 0 atom stereocenters. The van der Waals surface area contributed by atoms with Crippen LogP contribution in [0.2, 0.25) is 0 Å². The summed E-state index contributed by atoms with van der Waals surface area (Å²) in [6, 6.07) is 6.93. The fourth-order valence-electron chi connectivity index (χ4n) is 2.27. The molecule has 0 aliphatic carbocycles. The van der Waals surface area contributed by atoms with Crippen LogP contribution in [0.1, 0.15) is 46.5 Å². The number of Topliss-reactive ketones (excluding diaryl/α,β-unsaturated/α-hetero) is 1. The molecule has 0 saturated carbocycles. The van der Waals surface area contributed by atoms with Crippen molar-refractivity contribution in [2.24, 2.45) is 4.99 Å². The number of carbonyl (C=O) groups excluding carboxylic acids is 2. The molecule has 122 valence electrons. The Hall–Kier alpha value is -2.21. The third-order valence-corrected chi connectivity index (χ3v) is 4.68. The molecule has 0 spiro atoms. The highest BCUT2D eigenvalue weighted by Crippen LogP contribution is 2.16. The van der Waals surface area contributed by atoms with E-state index in [2.05, 4.69) is 4.99 Å². The van der Waals surface area contributed by atoms with Gasteiger partial charge in [-0.3, -0.25) is 4.79 Å². The smallest absolute Gasteiger partial charge is 0.338 e. The first kappa shape index (κ1) is 17.1. The Labute approximate surface area is 139 Å². The quantitative estimate of drug-likeness (QED) is 0.622. The highest BCUT2D eigenvalue weighted by molar-refractivity contribution is 7.11. The van der Waals surface area contributed by atoms with E-state index in [1.54, 1.807) is 38.1 Å². The number of hydrogen-bond donors (Lipinski definition) is 0. The summed E-state index contributed by atoms with van der Waals surface area (Å²) in [7, 11) is 0. The maximum atomic E-state index is 11.7. The number of esters is 1. The molecule has 0 bridgehead atoms. The lowest BCUT2D eigenvalue weighted by Gasteiger charge is -2.03. The summed E-state index contributed by atoms with van der Waals surface area (Å²) in [5.41, 5.74) is 2.17. The Morgan fingerprint density at radius 3 is 2.39 bits per heavy atom. The summed E-state index contributed by atoms with van der Waals surface area (Å²) in [6.45, 7) is 8.39. The van der Waals surface area contributed by atoms with Crippen LogP contribution in [0, 0.1) is 6.92 Å². The van der Waals surface area contributed by atoms with Crippen LogP contribution in [-0.4, -0.2) is 22.9 Å². The largest absolute Gasteiger partial charge is 0.462 e. The molecule has 1 aromatic carbocycles. The normalized spacial score (nSPS) is 11.6. The van der Waals surface area contributed by atoms with E-state index in [4.69, 9.17) is 4.74 Å². The van der Waals surface area contributed by atoms with E-state index in [9.17, 15) is 9.59 Å². The van der Waals surface area contributed by atoms with Gasteiger partial charge in [-0.15, -0.1) is 0 Å². The molecule has 1 heterocycles. The molecular weight excluding hydrogens is 312 g/mol. The summed E-state index contributed by atoms with van der Waals surface area (Å²) >= 11 is 1.39. The Morgan fingerprint density at radius 1 is 1.22 bits per heavy atom. The maximum Gasteiger partial charge on any atom is 0.338 e. The van der Waals surface area contributed by atoms with Crippen molar-refractivity contribution >= 4 is 28.8 Å². The highest BCUT2D eigenvalue weighted by Gasteiger charge is 2.12. The van der Waals surface area contributed by atoms with Gasteiger partial charge in [0.1, 0.15) is 0 Å². The average molecular weight is 332 g/mol. The molecule has 0 aliphatic rings. The third-order valence-electron chi connectivity index (χ3n) is 3.40. The van der Waals surface area contributed by atoms with E-state index in [0.717, 1.165) is 27.6 Å². The maximum absolute atomic E-state index is 11.7. The second-order valence-corrected chi connectivity index (χ2v) is 5.96. The Balaban J connectivity index is 2.41. The molecule has 0 aliphatic heterocycles. The molecule has 1 aromatic heterocycles. The number of ether oxygens (including phenoxy) is 1. The van der Waals surface area contributed by atoms with E-state index < -0.39 is 0 Å². The molecule has 5 nitrogen and oxygen atoms in total. The van der Waals surface area contributed by atoms with Crippen LogP contribution in [0.15, 0.2) is 29.3 Å².